The van der Waals surface area contributed by atoms with Crippen molar-refractivity contribution in [3.05, 3.63) is 0 Å². The predicted molar refractivity (Wildman–Crippen MR) is 77.0 cm³/mol. The number of aliphatic hydroxyl groups excluding tert-OH is 1. The van der Waals surface area contributed by atoms with Gasteiger partial charge in [-0.1, -0.05) is 20.3 Å². The van der Waals surface area contributed by atoms with Crippen LogP contribution in [0.5, 0.6) is 0 Å². The molecule has 1 saturated heterocycles. The Morgan fingerprint density at radius 2 is 1.95 bits per heavy atom. The van der Waals surface area contributed by atoms with E-state index >= 15 is 0 Å². The molecule has 0 aromatic carbocycles. The molecule has 1 rings (SSSR count). The normalized spacial score (nSPS) is 22.6. The van der Waals surface area contributed by atoms with Gasteiger partial charge in [0.2, 0.25) is 0 Å². The van der Waals surface area contributed by atoms with E-state index < -0.39 is 10.2 Å². The van der Waals surface area contributed by atoms with Crippen LogP contribution in [0.25, 0.3) is 0 Å². The van der Waals surface area contributed by atoms with E-state index in [1.807, 2.05) is 20.8 Å². The van der Waals surface area contributed by atoms with Crippen molar-refractivity contribution in [2.24, 2.45) is 5.41 Å². The number of nitrogens with one attached hydrogen (secondary N) is 1. The SMILES string of the molecule is CCC(CC)(CO)CNS(=O)(=O)N1CCCCC1C. The highest BCUT2D eigenvalue weighted by molar-refractivity contribution is 7.87. The number of aliphatic hydroxyl groups is 1. The predicted octanol–water partition coefficient (Wildman–Crippen LogP) is 1.49. The maximum atomic E-state index is 12.3. The molecular formula is C13H28N2O3S. The molecule has 1 atom stereocenters. The molecule has 114 valence electrons. The second-order valence-corrected chi connectivity index (χ2v) is 7.35. The summed E-state index contributed by atoms with van der Waals surface area (Å²) in [6.45, 7) is 6.84. The zero-order chi connectivity index (χ0) is 14.5. The second kappa shape index (κ2) is 7.02. The van der Waals surface area contributed by atoms with Crippen LogP contribution in [0.4, 0.5) is 0 Å². The van der Waals surface area contributed by atoms with E-state index in [4.69, 9.17) is 0 Å². The summed E-state index contributed by atoms with van der Waals surface area (Å²) < 4.78 is 28.9. The standard InChI is InChI=1S/C13H28N2O3S/c1-4-13(5-2,11-16)10-14-19(17,18)15-9-7-6-8-12(15)3/h12,14,16H,4-11H2,1-3H3. The monoisotopic (exact) mass is 292 g/mol. The zero-order valence-electron chi connectivity index (χ0n) is 12.4. The van der Waals surface area contributed by atoms with Crippen LogP contribution < -0.4 is 4.72 Å². The molecule has 0 amide bonds. The molecule has 19 heavy (non-hydrogen) atoms. The summed E-state index contributed by atoms with van der Waals surface area (Å²) in [6.07, 6.45) is 4.47. The van der Waals surface area contributed by atoms with Gasteiger partial charge in [0, 0.05) is 31.2 Å². The Labute approximate surface area is 117 Å². The lowest BCUT2D eigenvalue weighted by Crippen LogP contribution is -2.50. The van der Waals surface area contributed by atoms with Crippen molar-refractivity contribution in [1.29, 1.82) is 0 Å². The summed E-state index contributed by atoms with van der Waals surface area (Å²) in [7, 11) is -3.42. The van der Waals surface area contributed by atoms with Crippen LogP contribution in [-0.4, -0.2) is 43.6 Å². The Hall–Kier alpha value is -0.170. The van der Waals surface area contributed by atoms with Gasteiger partial charge < -0.3 is 5.11 Å². The maximum absolute atomic E-state index is 12.3. The molecular weight excluding hydrogens is 264 g/mol. The average Bonchev–Trinajstić information content (AvgIpc) is 2.41. The molecule has 0 aromatic rings. The summed E-state index contributed by atoms with van der Waals surface area (Å²) >= 11 is 0. The van der Waals surface area contributed by atoms with Crippen LogP contribution in [0, 0.1) is 5.41 Å². The van der Waals surface area contributed by atoms with E-state index in [1.165, 1.54) is 0 Å². The van der Waals surface area contributed by atoms with Crippen LogP contribution in [0.1, 0.15) is 52.9 Å². The second-order valence-electron chi connectivity index (χ2n) is 5.65. The number of piperidine rings is 1. The van der Waals surface area contributed by atoms with Gasteiger partial charge in [0.25, 0.3) is 10.2 Å². The minimum atomic E-state index is -3.42. The fraction of sp³-hybridized carbons (Fsp3) is 1.00. The van der Waals surface area contributed by atoms with E-state index in [9.17, 15) is 13.5 Å². The molecule has 0 bridgehead atoms. The van der Waals surface area contributed by atoms with Crippen molar-refractivity contribution in [2.75, 3.05) is 19.7 Å². The number of rotatable bonds is 7. The first kappa shape index (κ1) is 16.9. The maximum Gasteiger partial charge on any atom is 0.279 e. The van der Waals surface area contributed by atoms with Gasteiger partial charge in [-0.05, 0) is 32.6 Å². The summed E-state index contributed by atoms with van der Waals surface area (Å²) in [5, 5.41) is 9.49. The van der Waals surface area contributed by atoms with Gasteiger partial charge in [0.05, 0.1) is 0 Å². The first-order valence-corrected chi connectivity index (χ1v) is 8.72. The Morgan fingerprint density at radius 3 is 2.42 bits per heavy atom. The summed E-state index contributed by atoms with van der Waals surface area (Å²) in [6, 6.07) is 0.0676. The minimum Gasteiger partial charge on any atom is -0.396 e. The molecule has 0 radical (unpaired) electrons. The molecule has 2 N–H and O–H groups in total. The van der Waals surface area contributed by atoms with Crippen LogP contribution in [0.3, 0.4) is 0 Å². The topological polar surface area (TPSA) is 69.6 Å². The zero-order valence-corrected chi connectivity index (χ0v) is 13.2. The third-order valence-electron chi connectivity index (χ3n) is 4.52. The van der Waals surface area contributed by atoms with Gasteiger partial charge in [0.15, 0.2) is 0 Å². The number of nitrogens with zero attached hydrogens (tertiary/aromatic N) is 1. The van der Waals surface area contributed by atoms with E-state index in [1.54, 1.807) is 4.31 Å². The summed E-state index contributed by atoms with van der Waals surface area (Å²) in [5.74, 6) is 0. The molecule has 6 heteroatoms. The Kier molecular flexibility index (Phi) is 6.23. The number of hydrogen-bond donors (Lipinski definition) is 2. The van der Waals surface area contributed by atoms with Crippen molar-refractivity contribution >= 4 is 10.2 Å². The Balaban J connectivity index is 2.69. The molecule has 1 unspecified atom stereocenters. The van der Waals surface area contributed by atoms with Gasteiger partial charge in [-0.2, -0.15) is 12.7 Å². The molecule has 1 aliphatic heterocycles. The molecule has 1 fully saturated rings. The molecule has 0 saturated carbocycles. The van der Waals surface area contributed by atoms with Gasteiger partial charge in [-0.25, -0.2) is 4.72 Å². The largest absolute Gasteiger partial charge is 0.396 e. The average molecular weight is 292 g/mol. The highest BCUT2D eigenvalue weighted by atomic mass is 32.2. The molecule has 5 nitrogen and oxygen atoms in total. The summed E-state index contributed by atoms with van der Waals surface area (Å²) in [4.78, 5) is 0. The van der Waals surface area contributed by atoms with Gasteiger partial charge in [-0.3, -0.25) is 0 Å². The van der Waals surface area contributed by atoms with E-state index in [-0.39, 0.29) is 18.1 Å². The molecule has 0 aliphatic carbocycles. The van der Waals surface area contributed by atoms with E-state index in [0.29, 0.717) is 13.1 Å². The Morgan fingerprint density at radius 1 is 1.32 bits per heavy atom. The fourth-order valence-corrected chi connectivity index (χ4v) is 4.14. The van der Waals surface area contributed by atoms with Crippen molar-refractivity contribution in [3.8, 4) is 0 Å². The smallest absolute Gasteiger partial charge is 0.279 e. The molecule has 1 heterocycles. The first-order chi connectivity index (χ1) is 8.90. The molecule has 0 aromatic heterocycles. The lowest BCUT2D eigenvalue weighted by atomic mass is 9.84. The molecule has 1 aliphatic rings. The lowest BCUT2D eigenvalue weighted by Gasteiger charge is -2.35. The van der Waals surface area contributed by atoms with Gasteiger partial charge in [-0.15, -0.1) is 0 Å². The number of hydrogen-bond acceptors (Lipinski definition) is 3. The van der Waals surface area contributed by atoms with Crippen molar-refractivity contribution in [3.63, 3.8) is 0 Å². The van der Waals surface area contributed by atoms with Crippen molar-refractivity contribution in [2.45, 2.75) is 58.9 Å². The van der Waals surface area contributed by atoms with Crippen LogP contribution >= 0.6 is 0 Å². The van der Waals surface area contributed by atoms with Gasteiger partial charge >= 0.3 is 0 Å². The van der Waals surface area contributed by atoms with Crippen molar-refractivity contribution < 1.29 is 13.5 Å². The van der Waals surface area contributed by atoms with Crippen LogP contribution in [0.15, 0.2) is 0 Å². The highest BCUT2D eigenvalue weighted by Crippen LogP contribution is 2.25. The third kappa shape index (κ3) is 4.15. The van der Waals surface area contributed by atoms with Gasteiger partial charge in [0.1, 0.15) is 0 Å². The summed E-state index contributed by atoms with van der Waals surface area (Å²) in [5.41, 5.74) is -0.341. The van der Waals surface area contributed by atoms with E-state index in [0.717, 1.165) is 32.1 Å². The molecule has 0 spiro atoms. The van der Waals surface area contributed by atoms with E-state index in [2.05, 4.69) is 4.72 Å². The minimum absolute atomic E-state index is 0.0120. The quantitative estimate of drug-likeness (QED) is 0.747. The third-order valence-corrected chi connectivity index (χ3v) is 6.18. The fourth-order valence-electron chi connectivity index (χ4n) is 2.54. The van der Waals surface area contributed by atoms with Crippen molar-refractivity contribution in [1.82, 2.24) is 9.03 Å². The van der Waals surface area contributed by atoms with Crippen LogP contribution in [0.2, 0.25) is 0 Å². The lowest BCUT2D eigenvalue weighted by molar-refractivity contribution is 0.118. The highest BCUT2D eigenvalue weighted by Gasteiger charge is 2.32. The first-order valence-electron chi connectivity index (χ1n) is 7.28. The van der Waals surface area contributed by atoms with Crippen LogP contribution in [-0.2, 0) is 10.2 Å². The Bertz CT molecular complexity index is 358.